The van der Waals surface area contributed by atoms with Crippen molar-refractivity contribution >= 4 is 5.82 Å². The number of nitrogens with zero attached hydrogens (tertiary/aromatic N) is 3. The summed E-state index contributed by atoms with van der Waals surface area (Å²) < 4.78 is 0. The summed E-state index contributed by atoms with van der Waals surface area (Å²) in [4.78, 5) is 2.30. The fraction of sp³-hybridized carbons (Fsp3) is 0.444. The standard InChI is InChI=1S/C18H24N4/c1-14(2)15-4-6-16(7-5-15)17-8-9-18(21-20-17)22-12-3-10-19-11-13-22/h4-9,14,19H,3,10-13H2,1-2H3. The van der Waals surface area contributed by atoms with Crippen molar-refractivity contribution in [1.29, 1.82) is 0 Å². The summed E-state index contributed by atoms with van der Waals surface area (Å²) in [7, 11) is 0. The molecule has 1 fully saturated rings. The predicted molar refractivity (Wildman–Crippen MR) is 91.3 cm³/mol. The average molecular weight is 296 g/mol. The highest BCUT2D eigenvalue weighted by Gasteiger charge is 2.11. The summed E-state index contributed by atoms with van der Waals surface area (Å²) in [5.74, 6) is 1.53. The van der Waals surface area contributed by atoms with E-state index in [1.807, 2.05) is 0 Å². The zero-order valence-electron chi connectivity index (χ0n) is 13.4. The van der Waals surface area contributed by atoms with E-state index in [1.54, 1.807) is 0 Å². The van der Waals surface area contributed by atoms with E-state index in [-0.39, 0.29) is 0 Å². The second kappa shape index (κ2) is 6.88. The number of hydrogen-bond donors (Lipinski definition) is 1. The van der Waals surface area contributed by atoms with Crippen LogP contribution in [0.1, 0.15) is 31.7 Å². The monoisotopic (exact) mass is 296 g/mol. The van der Waals surface area contributed by atoms with Crippen molar-refractivity contribution in [1.82, 2.24) is 15.5 Å². The fourth-order valence-corrected chi connectivity index (χ4v) is 2.76. The van der Waals surface area contributed by atoms with Gasteiger partial charge in [0.1, 0.15) is 0 Å². The second-order valence-corrected chi connectivity index (χ2v) is 6.14. The van der Waals surface area contributed by atoms with Crippen LogP contribution in [-0.2, 0) is 0 Å². The summed E-state index contributed by atoms with van der Waals surface area (Å²) in [5.41, 5.74) is 3.42. The molecule has 0 aliphatic carbocycles. The van der Waals surface area contributed by atoms with Gasteiger partial charge >= 0.3 is 0 Å². The Kier molecular flexibility index (Phi) is 4.68. The van der Waals surface area contributed by atoms with E-state index >= 15 is 0 Å². The first kappa shape index (κ1) is 15.0. The molecule has 1 saturated heterocycles. The second-order valence-electron chi connectivity index (χ2n) is 6.14. The molecule has 4 nitrogen and oxygen atoms in total. The first-order valence-corrected chi connectivity index (χ1v) is 8.14. The van der Waals surface area contributed by atoms with Gasteiger partial charge in [-0.2, -0.15) is 0 Å². The summed E-state index contributed by atoms with van der Waals surface area (Å²) in [6.45, 7) is 8.56. The van der Waals surface area contributed by atoms with Crippen LogP contribution in [0.3, 0.4) is 0 Å². The topological polar surface area (TPSA) is 41.0 Å². The summed E-state index contributed by atoms with van der Waals surface area (Å²) in [5, 5.41) is 12.3. The Bertz CT molecular complexity index is 581. The highest BCUT2D eigenvalue weighted by Crippen LogP contribution is 2.22. The number of benzene rings is 1. The maximum absolute atomic E-state index is 4.43. The van der Waals surface area contributed by atoms with Crippen molar-refractivity contribution in [3.63, 3.8) is 0 Å². The molecular weight excluding hydrogens is 272 g/mol. The minimum Gasteiger partial charge on any atom is -0.354 e. The van der Waals surface area contributed by atoms with Crippen LogP contribution in [0.5, 0.6) is 0 Å². The molecule has 1 aromatic heterocycles. The van der Waals surface area contributed by atoms with Crippen LogP contribution in [-0.4, -0.2) is 36.4 Å². The SMILES string of the molecule is CC(C)c1ccc(-c2ccc(N3CCCNCC3)nn2)cc1. The third-order valence-corrected chi connectivity index (χ3v) is 4.19. The van der Waals surface area contributed by atoms with Crippen molar-refractivity contribution in [3.05, 3.63) is 42.0 Å². The smallest absolute Gasteiger partial charge is 0.151 e. The Labute approximate surface area is 132 Å². The van der Waals surface area contributed by atoms with Crippen molar-refractivity contribution < 1.29 is 0 Å². The maximum Gasteiger partial charge on any atom is 0.151 e. The fourth-order valence-electron chi connectivity index (χ4n) is 2.76. The normalized spacial score (nSPS) is 15.9. The molecule has 1 N–H and O–H groups in total. The Morgan fingerprint density at radius 2 is 1.77 bits per heavy atom. The molecule has 3 rings (SSSR count). The van der Waals surface area contributed by atoms with E-state index in [2.05, 4.69) is 70.7 Å². The molecule has 22 heavy (non-hydrogen) atoms. The Morgan fingerprint density at radius 3 is 2.45 bits per heavy atom. The molecule has 0 saturated carbocycles. The average Bonchev–Trinajstić information content (AvgIpc) is 2.84. The molecule has 0 unspecified atom stereocenters. The zero-order valence-corrected chi connectivity index (χ0v) is 13.4. The molecule has 0 atom stereocenters. The molecule has 1 aliphatic heterocycles. The van der Waals surface area contributed by atoms with Gasteiger partial charge in [0.2, 0.25) is 0 Å². The van der Waals surface area contributed by atoms with Crippen LogP contribution in [0.2, 0.25) is 0 Å². The van der Waals surface area contributed by atoms with Crippen LogP contribution < -0.4 is 10.2 Å². The quantitative estimate of drug-likeness (QED) is 0.945. The first-order valence-electron chi connectivity index (χ1n) is 8.14. The predicted octanol–water partition coefficient (Wildman–Crippen LogP) is 3.07. The molecule has 0 radical (unpaired) electrons. The van der Waals surface area contributed by atoms with Gasteiger partial charge in [0.15, 0.2) is 5.82 Å². The number of aromatic nitrogens is 2. The number of hydrogen-bond acceptors (Lipinski definition) is 4. The van der Waals surface area contributed by atoms with Gasteiger partial charge in [-0.05, 0) is 36.6 Å². The molecular formula is C18H24N4. The number of nitrogens with one attached hydrogen (secondary N) is 1. The van der Waals surface area contributed by atoms with E-state index < -0.39 is 0 Å². The maximum atomic E-state index is 4.43. The minimum atomic E-state index is 0.555. The van der Waals surface area contributed by atoms with Crippen LogP contribution in [0.4, 0.5) is 5.82 Å². The molecule has 0 spiro atoms. The number of rotatable bonds is 3. The molecule has 1 aliphatic rings. The molecule has 1 aromatic carbocycles. The lowest BCUT2D eigenvalue weighted by Crippen LogP contribution is -2.28. The third kappa shape index (κ3) is 3.45. The summed E-state index contributed by atoms with van der Waals surface area (Å²) in [6, 6.07) is 12.8. The van der Waals surface area contributed by atoms with Crippen molar-refractivity contribution in [3.8, 4) is 11.3 Å². The number of anilines is 1. The van der Waals surface area contributed by atoms with Crippen LogP contribution >= 0.6 is 0 Å². The Balaban J connectivity index is 1.75. The molecule has 4 heteroatoms. The van der Waals surface area contributed by atoms with Gasteiger partial charge in [-0.15, -0.1) is 10.2 Å². The van der Waals surface area contributed by atoms with E-state index in [9.17, 15) is 0 Å². The Hall–Kier alpha value is -1.94. The Morgan fingerprint density at radius 1 is 0.955 bits per heavy atom. The van der Waals surface area contributed by atoms with Crippen LogP contribution in [0.15, 0.2) is 36.4 Å². The van der Waals surface area contributed by atoms with Gasteiger partial charge in [0, 0.05) is 25.2 Å². The third-order valence-electron chi connectivity index (χ3n) is 4.19. The molecule has 2 heterocycles. The lowest BCUT2D eigenvalue weighted by Gasteiger charge is -2.20. The molecule has 0 bridgehead atoms. The van der Waals surface area contributed by atoms with Gasteiger partial charge in [-0.1, -0.05) is 38.1 Å². The van der Waals surface area contributed by atoms with Crippen molar-refractivity contribution in [2.75, 3.05) is 31.1 Å². The van der Waals surface area contributed by atoms with Gasteiger partial charge in [-0.25, -0.2) is 0 Å². The van der Waals surface area contributed by atoms with Gasteiger partial charge in [-0.3, -0.25) is 0 Å². The first-order chi connectivity index (χ1) is 10.7. The van der Waals surface area contributed by atoms with E-state index in [0.717, 1.165) is 49.7 Å². The van der Waals surface area contributed by atoms with Gasteiger partial charge in [0.25, 0.3) is 0 Å². The van der Waals surface area contributed by atoms with Crippen molar-refractivity contribution in [2.45, 2.75) is 26.2 Å². The highest BCUT2D eigenvalue weighted by molar-refractivity contribution is 5.60. The molecule has 0 amide bonds. The zero-order chi connectivity index (χ0) is 15.4. The van der Waals surface area contributed by atoms with Crippen molar-refractivity contribution in [2.24, 2.45) is 0 Å². The van der Waals surface area contributed by atoms with Gasteiger partial charge in [0.05, 0.1) is 5.69 Å². The van der Waals surface area contributed by atoms with Crippen LogP contribution in [0.25, 0.3) is 11.3 Å². The summed E-state index contributed by atoms with van der Waals surface area (Å²) in [6.07, 6.45) is 1.15. The summed E-state index contributed by atoms with van der Waals surface area (Å²) >= 11 is 0. The van der Waals surface area contributed by atoms with E-state index in [4.69, 9.17) is 0 Å². The largest absolute Gasteiger partial charge is 0.354 e. The van der Waals surface area contributed by atoms with E-state index in [0.29, 0.717) is 5.92 Å². The lowest BCUT2D eigenvalue weighted by atomic mass is 10.0. The van der Waals surface area contributed by atoms with Crippen LogP contribution in [0, 0.1) is 0 Å². The van der Waals surface area contributed by atoms with E-state index in [1.165, 1.54) is 5.56 Å². The highest BCUT2D eigenvalue weighted by atomic mass is 15.3. The molecule has 2 aromatic rings. The minimum absolute atomic E-state index is 0.555. The van der Waals surface area contributed by atoms with Gasteiger partial charge < -0.3 is 10.2 Å². The molecule has 116 valence electrons. The lowest BCUT2D eigenvalue weighted by molar-refractivity contribution is 0.724.